The molecule has 1 N–H and O–H groups in total. The van der Waals surface area contributed by atoms with Crippen LogP contribution >= 0.6 is 11.6 Å². The molecule has 1 unspecified atom stereocenters. The zero-order chi connectivity index (χ0) is 27.4. The number of benzene rings is 4. The van der Waals surface area contributed by atoms with E-state index in [4.69, 9.17) is 25.5 Å². The molecule has 0 aliphatic heterocycles. The van der Waals surface area contributed by atoms with Crippen LogP contribution in [-0.4, -0.2) is 18.1 Å². The Hall–Kier alpha value is -4.62. The predicted molar refractivity (Wildman–Crippen MR) is 149 cm³/mol. The van der Waals surface area contributed by atoms with Crippen LogP contribution in [0.15, 0.2) is 100 Å². The standard InChI is InChI=1S/C31H24ClNO6/c1-19-15-23(17-27-28(19)24-9-5-6-10-25(24)29(34)39-27)38-30(35)26(16-20-11-13-22(32)14-12-20)33-31(36)37-18-21-7-3-2-4-8-21/h2-15,17,26H,16,18H2,1H3,(H,33,36). The van der Waals surface area contributed by atoms with Gasteiger partial charge in [0, 0.05) is 28.3 Å². The Morgan fingerprint density at radius 3 is 2.33 bits per heavy atom. The summed E-state index contributed by atoms with van der Waals surface area (Å²) in [7, 11) is 0. The number of alkyl carbamates (subject to hydrolysis) is 1. The lowest BCUT2D eigenvalue weighted by molar-refractivity contribution is -0.136. The summed E-state index contributed by atoms with van der Waals surface area (Å²) in [6, 6.07) is 25.4. The van der Waals surface area contributed by atoms with E-state index in [2.05, 4.69) is 5.32 Å². The number of amides is 1. The summed E-state index contributed by atoms with van der Waals surface area (Å²) in [6.07, 6.45) is -0.621. The number of halogens is 1. The van der Waals surface area contributed by atoms with Crippen LogP contribution in [0.4, 0.5) is 4.79 Å². The third-order valence-electron chi connectivity index (χ3n) is 6.25. The van der Waals surface area contributed by atoms with E-state index >= 15 is 0 Å². The van der Waals surface area contributed by atoms with Crippen LogP contribution in [0.2, 0.25) is 5.02 Å². The topological polar surface area (TPSA) is 94.8 Å². The SMILES string of the molecule is Cc1cc(OC(=O)C(Cc2ccc(Cl)cc2)NC(=O)OCc2ccccc2)cc2oc(=O)c3ccccc3c12. The molecule has 0 bridgehead atoms. The number of ether oxygens (including phenoxy) is 2. The van der Waals surface area contributed by atoms with Gasteiger partial charge in [-0.15, -0.1) is 0 Å². The van der Waals surface area contributed by atoms with E-state index in [9.17, 15) is 14.4 Å². The van der Waals surface area contributed by atoms with E-state index in [0.29, 0.717) is 16.0 Å². The van der Waals surface area contributed by atoms with Gasteiger partial charge >= 0.3 is 17.7 Å². The molecule has 0 fully saturated rings. The number of hydrogen-bond donors (Lipinski definition) is 1. The van der Waals surface area contributed by atoms with E-state index in [1.165, 1.54) is 6.07 Å². The van der Waals surface area contributed by atoms with Gasteiger partial charge in [-0.1, -0.05) is 72.3 Å². The molecule has 39 heavy (non-hydrogen) atoms. The second-order valence-corrected chi connectivity index (χ2v) is 9.50. The largest absolute Gasteiger partial charge is 0.445 e. The molecule has 0 spiro atoms. The lowest BCUT2D eigenvalue weighted by Crippen LogP contribution is -2.44. The highest BCUT2D eigenvalue weighted by Gasteiger charge is 2.25. The van der Waals surface area contributed by atoms with Crippen molar-refractivity contribution in [2.45, 2.75) is 26.0 Å². The number of nitrogens with one attached hydrogen (secondary N) is 1. The molecular formula is C31H24ClNO6. The molecule has 1 heterocycles. The Morgan fingerprint density at radius 1 is 0.897 bits per heavy atom. The van der Waals surface area contributed by atoms with Gasteiger partial charge in [-0.3, -0.25) is 0 Å². The lowest BCUT2D eigenvalue weighted by Gasteiger charge is -2.18. The fourth-order valence-corrected chi connectivity index (χ4v) is 4.51. The highest BCUT2D eigenvalue weighted by Crippen LogP contribution is 2.30. The third-order valence-corrected chi connectivity index (χ3v) is 6.50. The molecular weight excluding hydrogens is 518 g/mol. The summed E-state index contributed by atoms with van der Waals surface area (Å²) >= 11 is 6.00. The van der Waals surface area contributed by atoms with Crippen molar-refractivity contribution in [3.8, 4) is 5.75 Å². The molecule has 0 aliphatic carbocycles. The molecule has 0 radical (unpaired) electrons. The molecule has 8 heteroatoms. The fraction of sp³-hybridized carbons (Fsp3) is 0.129. The van der Waals surface area contributed by atoms with Crippen molar-refractivity contribution in [3.05, 3.63) is 123 Å². The monoisotopic (exact) mass is 541 g/mol. The smallest absolute Gasteiger partial charge is 0.408 e. The second-order valence-electron chi connectivity index (χ2n) is 9.06. The Kier molecular flexibility index (Phi) is 7.61. The highest BCUT2D eigenvalue weighted by molar-refractivity contribution is 6.30. The zero-order valence-corrected chi connectivity index (χ0v) is 21.7. The molecule has 5 rings (SSSR count). The maximum atomic E-state index is 13.3. The highest BCUT2D eigenvalue weighted by atomic mass is 35.5. The minimum Gasteiger partial charge on any atom is -0.445 e. The Balaban J connectivity index is 1.39. The number of fused-ring (bicyclic) bond motifs is 3. The van der Waals surface area contributed by atoms with Crippen LogP contribution in [-0.2, 0) is 22.6 Å². The quantitative estimate of drug-likeness (QED) is 0.112. The van der Waals surface area contributed by atoms with Crippen LogP contribution in [0, 0.1) is 6.92 Å². The van der Waals surface area contributed by atoms with Crippen LogP contribution in [0.1, 0.15) is 16.7 Å². The molecule has 4 aromatic carbocycles. The molecule has 196 valence electrons. The summed E-state index contributed by atoms with van der Waals surface area (Å²) in [5, 5.41) is 5.14. The minimum atomic E-state index is -1.06. The molecule has 7 nitrogen and oxygen atoms in total. The first kappa shape index (κ1) is 26.0. The molecule has 1 amide bonds. The van der Waals surface area contributed by atoms with E-state index in [-0.39, 0.29) is 18.8 Å². The van der Waals surface area contributed by atoms with Crippen molar-refractivity contribution in [1.29, 1.82) is 0 Å². The summed E-state index contributed by atoms with van der Waals surface area (Å²) in [6.45, 7) is 1.89. The lowest BCUT2D eigenvalue weighted by atomic mass is 10.0. The summed E-state index contributed by atoms with van der Waals surface area (Å²) in [4.78, 5) is 38.4. The molecule has 0 saturated heterocycles. The summed E-state index contributed by atoms with van der Waals surface area (Å²) in [5.41, 5.74) is 2.15. The number of aryl methyl sites for hydroxylation is 1. The Morgan fingerprint density at radius 2 is 1.59 bits per heavy atom. The fourth-order valence-electron chi connectivity index (χ4n) is 4.39. The van der Waals surface area contributed by atoms with Crippen LogP contribution in [0.3, 0.4) is 0 Å². The van der Waals surface area contributed by atoms with E-state index in [0.717, 1.165) is 27.5 Å². The van der Waals surface area contributed by atoms with E-state index in [1.807, 2.05) is 49.4 Å². The minimum absolute atomic E-state index is 0.0479. The first-order valence-corrected chi connectivity index (χ1v) is 12.6. The number of rotatable bonds is 7. The van der Waals surface area contributed by atoms with Gasteiger partial charge in [0.05, 0.1) is 5.39 Å². The first-order chi connectivity index (χ1) is 18.9. The van der Waals surface area contributed by atoms with Gasteiger partial charge in [-0.2, -0.15) is 0 Å². The van der Waals surface area contributed by atoms with Crippen LogP contribution < -0.4 is 15.7 Å². The van der Waals surface area contributed by atoms with Crippen molar-refractivity contribution in [2.75, 3.05) is 0 Å². The number of carbonyl (C=O) groups is 2. The van der Waals surface area contributed by atoms with Crippen molar-refractivity contribution in [1.82, 2.24) is 5.32 Å². The van der Waals surface area contributed by atoms with Crippen molar-refractivity contribution >= 4 is 45.4 Å². The Bertz CT molecular complexity index is 1710. The average molecular weight is 542 g/mol. The van der Waals surface area contributed by atoms with Crippen LogP contribution in [0.25, 0.3) is 21.7 Å². The number of carbonyl (C=O) groups excluding carboxylic acids is 2. The third kappa shape index (κ3) is 6.10. The predicted octanol–water partition coefficient (Wildman–Crippen LogP) is 6.35. The van der Waals surface area contributed by atoms with Gasteiger partial charge in [0.15, 0.2) is 0 Å². The van der Waals surface area contributed by atoms with E-state index in [1.54, 1.807) is 42.5 Å². The van der Waals surface area contributed by atoms with Gasteiger partial charge in [0.2, 0.25) is 0 Å². The van der Waals surface area contributed by atoms with Gasteiger partial charge in [0.1, 0.15) is 24.0 Å². The molecule has 0 aliphatic rings. The van der Waals surface area contributed by atoms with Gasteiger partial charge < -0.3 is 19.2 Å². The summed E-state index contributed by atoms with van der Waals surface area (Å²) in [5.74, 6) is -0.521. The second kappa shape index (κ2) is 11.4. The maximum Gasteiger partial charge on any atom is 0.408 e. The normalized spacial score (nSPS) is 11.7. The zero-order valence-electron chi connectivity index (χ0n) is 21.0. The number of hydrogen-bond acceptors (Lipinski definition) is 6. The Labute approximate surface area is 228 Å². The molecule has 1 aromatic heterocycles. The van der Waals surface area contributed by atoms with Gasteiger partial charge in [-0.05, 0) is 47.9 Å². The molecule has 5 aromatic rings. The maximum absolute atomic E-state index is 13.3. The van der Waals surface area contributed by atoms with Crippen molar-refractivity contribution in [3.63, 3.8) is 0 Å². The molecule has 0 saturated carbocycles. The van der Waals surface area contributed by atoms with Crippen LogP contribution in [0.5, 0.6) is 5.75 Å². The average Bonchev–Trinajstić information content (AvgIpc) is 2.93. The van der Waals surface area contributed by atoms with Crippen molar-refractivity contribution in [2.24, 2.45) is 0 Å². The number of esters is 1. The first-order valence-electron chi connectivity index (χ1n) is 12.3. The summed E-state index contributed by atoms with van der Waals surface area (Å²) < 4.78 is 16.5. The van der Waals surface area contributed by atoms with Gasteiger partial charge in [0.25, 0.3) is 0 Å². The van der Waals surface area contributed by atoms with E-state index < -0.39 is 23.7 Å². The van der Waals surface area contributed by atoms with Gasteiger partial charge in [-0.25, -0.2) is 14.4 Å². The molecule has 1 atom stereocenters. The van der Waals surface area contributed by atoms with Crippen molar-refractivity contribution < 1.29 is 23.5 Å².